The van der Waals surface area contributed by atoms with E-state index in [0.29, 0.717) is 24.2 Å². The highest BCUT2D eigenvalue weighted by atomic mass is 35.5. The predicted octanol–water partition coefficient (Wildman–Crippen LogP) is 1.82. The van der Waals surface area contributed by atoms with Gasteiger partial charge in [0, 0.05) is 6.54 Å². The Balaban J connectivity index is 2.06. The van der Waals surface area contributed by atoms with Crippen molar-refractivity contribution in [3.05, 3.63) is 21.5 Å². The molecule has 1 aliphatic heterocycles. The zero-order chi connectivity index (χ0) is 14.9. The van der Waals surface area contributed by atoms with E-state index in [-0.39, 0.29) is 6.54 Å². The minimum atomic E-state index is -1.48. The fourth-order valence-corrected chi connectivity index (χ4v) is 2.17. The molecule has 1 saturated heterocycles. The third-order valence-corrected chi connectivity index (χ3v) is 3.27. The van der Waals surface area contributed by atoms with Crippen molar-refractivity contribution < 1.29 is 18.9 Å². The zero-order valence-electron chi connectivity index (χ0n) is 10.6. The summed E-state index contributed by atoms with van der Waals surface area (Å²) in [5.74, 6) is 0. The van der Waals surface area contributed by atoms with Gasteiger partial charge in [-0.3, -0.25) is 15.0 Å². The number of carbonyl (C=O) groups excluding carboxylic acids is 1. The van der Waals surface area contributed by atoms with Gasteiger partial charge >= 0.3 is 11.8 Å². The Morgan fingerprint density at radius 2 is 2.40 bits per heavy atom. The van der Waals surface area contributed by atoms with Gasteiger partial charge in [0.15, 0.2) is 0 Å². The van der Waals surface area contributed by atoms with Crippen molar-refractivity contribution in [3.63, 3.8) is 0 Å². The van der Waals surface area contributed by atoms with Crippen molar-refractivity contribution in [1.29, 1.82) is 0 Å². The van der Waals surface area contributed by atoms with Crippen LogP contribution in [0.5, 0.6) is 0 Å². The molecule has 1 unspecified atom stereocenters. The number of nitrogens with zero attached hydrogens (tertiary/aromatic N) is 4. The minimum Gasteiger partial charge on any atom is -0.303 e. The molecule has 0 aliphatic carbocycles. The van der Waals surface area contributed by atoms with Crippen LogP contribution in [0.2, 0.25) is 5.15 Å². The topological polar surface area (TPSA) is 90.5 Å². The molecular formula is C10H12ClFN4O4. The van der Waals surface area contributed by atoms with Crippen LogP contribution in [0.25, 0.3) is 0 Å². The van der Waals surface area contributed by atoms with E-state index in [1.54, 1.807) is 0 Å². The zero-order valence-corrected chi connectivity index (χ0v) is 11.3. The summed E-state index contributed by atoms with van der Waals surface area (Å²) in [5, 5.41) is 13.6. The van der Waals surface area contributed by atoms with Gasteiger partial charge < -0.3 is 4.90 Å². The van der Waals surface area contributed by atoms with Gasteiger partial charge in [0.1, 0.15) is 11.9 Å². The van der Waals surface area contributed by atoms with Crippen molar-refractivity contribution in [2.45, 2.75) is 25.4 Å². The van der Waals surface area contributed by atoms with Gasteiger partial charge in [0.05, 0.1) is 11.5 Å². The number of likely N-dealkylation sites (tertiary alicyclic amines) is 1. The van der Waals surface area contributed by atoms with Gasteiger partial charge in [-0.1, -0.05) is 16.4 Å². The first-order valence-corrected chi connectivity index (χ1v) is 6.22. The summed E-state index contributed by atoms with van der Waals surface area (Å²) >= 11 is 5.65. The summed E-state index contributed by atoms with van der Waals surface area (Å²) in [7, 11) is 0. The Hall–Kier alpha value is -1.90. The molecule has 0 spiro atoms. The Morgan fingerprint density at radius 3 is 2.95 bits per heavy atom. The molecule has 1 amide bonds. The van der Waals surface area contributed by atoms with Crippen LogP contribution in [0.1, 0.15) is 19.8 Å². The van der Waals surface area contributed by atoms with E-state index >= 15 is 0 Å². The Labute approximate surface area is 118 Å². The average Bonchev–Trinajstić information content (AvgIpc) is 2.70. The lowest BCUT2D eigenvalue weighted by Gasteiger charge is -2.33. The normalized spacial score (nSPS) is 22.6. The van der Waals surface area contributed by atoms with Crippen LogP contribution in [0.15, 0.2) is 6.20 Å². The maximum Gasteiger partial charge on any atom is 0.436 e. The summed E-state index contributed by atoms with van der Waals surface area (Å²) in [6.45, 7) is 1.64. The minimum absolute atomic E-state index is 0.104. The molecule has 10 heteroatoms. The number of nitro groups is 1. The number of alkyl halides is 1. The van der Waals surface area contributed by atoms with Crippen molar-refractivity contribution in [2.75, 3.05) is 13.1 Å². The number of halogens is 2. The molecule has 20 heavy (non-hydrogen) atoms. The highest BCUT2D eigenvalue weighted by Crippen LogP contribution is 2.25. The van der Waals surface area contributed by atoms with Gasteiger partial charge in [-0.2, -0.15) is 0 Å². The first kappa shape index (κ1) is 14.5. The first-order chi connectivity index (χ1) is 9.30. The summed E-state index contributed by atoms with van der Waals surface area (Å²) in [5.41, 5.74) is -1.95. The molecule has 8 nitrogen and oxygen atoms in total. The maximum absolute atomic E-state index is 13.8. The summed E-state index contributed by atoms with van der Waals surface area (Å²) in [4.78, 5) is 28.2. The number of piperidine rings is 1. The van der Waals surface area contributed by atoms with Crippen molar-refractivity contribution >= 4 is 23.4 Å². The van der Waals surface area contributed by atoms with E-state index in [9.17, 15) is 19.3 Å². The lowest BCUT2D eigenvalue weighted by Crippen LogP contribution is -2.48. The van der Waals surface area contributed by atoms with Crippen LogP contribution in [-0.4, -0.2) is 44.6 Å². The molecule has 0 aromatic carbocycles. The number of carbonyl (C=O) groups is 1. The van der Waals surface area contributed by atoms with Crippen molar-refractivity contribution in [1.82, 2.24) is 14.8 Å². The first-order valence-electron chi connectivity index (χ1n) is 5.84. The monoisotopic (exact) mass is 306 g/mol. The fraction of sp³-hybridized carbons (Fsp3) is 0.600. The lowest BCUT2D eigenvalue weighted by atomic mass is 9.97. The van der Waals surface area contributed by atoms with Crippen LogP contribution in [0, 0.1) is 10.1 Å². The second-order valence-electron chi connectivity index (χ2n) is 4.75. The summed E-state index contributed by atoms with van der Waals surface area (Å²) in [6, 6.07) is 0. The largest absolute Gasteiger partial charge is 0.436 e. The smallest absolute Gasteiger partial charge is 0.303 e. The molecule has 1 atom stereocenters. The summed E-state index contributed by atoms with van der Waals surface area (Å²) < 4.78 is 13.8. The molecule has 0 bridgehead atoms. The molecule has 2 heterocycles. The number of amides is 1. The van der Waals surface area contributed by atoms with E-state index in [0.717, 1.165) is 6.20 Å². The molecular weight excluding hydrogens is 295 g/mol. The Kier molecular flexibility index (Phi) is 3.80. The van der Waals surface area contributed by atoms with E-state index in [1.807, 2.05) is 0 Å². The van der Waals surface area contributed by atoms with E-state index in [2.05, 4.69) is 5.10 Å². The molecule has 110 valence electrons. The second-order valence-corrected chi connectivity index (χ2v) is 5.10. The van der Waals surface area contributed by atoms with Gasteiger partial charge in [-0.25, -0.2) is 9.18 Å². The third-order valence-electron chi connectivity index (χ3n) is 2.93. The highest BCUT2D eigenvalue weighted by Gasteiger charge is 2.34. The van der Waals surface area contributed by atoms with E-state index in [1.165, 1.54) is 11.8 Å². The van der Waals surface area contributed by atoms with Crippen molar-refractivity contribution in [3.8, 4) is 0 Å². The molecule has 0 saturated carbocycles. The van der Waals surface area contributed by atoms with Crippen LogP contribution in [-0.2, 0) is 0 Å². The Bertz CT molecular complexity index is 547. The molecule has 2 rings (SSSR count). The van der Waals surface area contributed by atoms with E-state index in [4.69, 9.17) is 16.4 Å². The van der Waals surface area contributed by atoms with Gasteiger partial charge in [-0.05, 0) is 19.8 Å². The Morgan fingerprint density at radius 1 is 1.70 bits per heavy atom. The SMILES string of the molecule is CC1(F)CCCN(C(=O)On2ncc([N+](=O)[O-])c2Cl)C1. The van der Waals surface area contributed by atoms with Crippen LogP contribution >= 0.6 is 11.6 Å². The molecule has 0 radical (unpaired) electrons. The predicted molar refractivity (Wildman–Crippen MR) is 66.2 cm³/mol. The van der Waals surface area contributed by atoms with Gasteiger partial charge in [0.25, 0.3) is 0 Å². The standard InChI is InChI=1S/C10H12ClFN4O4/c1-10(12)3-2-4-14(6-10)9(17)20-15-8(11)7(5-13-15)16(18)19/h5H,2-4,6H2,1H3. The van der Waals surface area contributed by atoms with Crippen molar-refractivity contribution in [2.24, 2.45) is 0 Å². The number of aromatic nitrogens is 2. The van der Waals surface area contributed by atoms with Crippen LogP contribution < -0.4 is 4.84 Å². The summed E-state index contributed by atoms with van der Waals surface area (Å²) in [6.07, 6.45) is 0.888. The van der Waals surface area contributed by atoms with Gasteiger partial charge in [-0.15, -0.1) is 5.10 Å². The molecule has 1 fully saturated rings. The maximum atomic E-state index is 13.8. The number of rotatable bonds is 2. The van der Waals surface area contributed by atoms with Gasteiger partial charge in [0.2, 0.25) is 5.15 Å². The molecule has 0 N–H and O–H groups in total. The highest BCUT2D eigenvalue weighted by molar-refractivity contribution is 6.31. The molecule has 1 aliphatic rings. The molecule has 1 aromatic heterocycles. The lowest BCUT2D eigenvalue weighted by molar-refractivity contribution is -0.384. The average molecular weight is 307 g/mol. The number of hydrogen-bond acceptors (Lipinski definition) is 5. The number of hydrogen-bond donors (Lipinski definition) is 0. The third kappa shape index (κ3) is 2.98. The quantitative estimate of drug-likeness (QED) is 0.614. The fourth-order valence-electron chi connectivity index (χ4n) is 1.98. The second kappa shape index (κ2) is 5.23. The van der Waals surface area contributed by atoms with Crippen LogP contribution in [0.3, 0.4) is 0 Å². The molecule has 1 aromatic rings. The van der Waals surface area contributed by atoms with Crippen LogP contribution in [0.4, 0.5) is 14.9 Å². The van der Waals surface area contributed by atoms with E-state index < -0.39 is 27.5 Å².